The van der Waals surface area contributed by atoms with E-state index >= 15 is 0 Å². The monoisotopic (exact) mass is 234 g/mol. The summed E-state index contributed by atoms with van der Waals surface area (Å²) in [5.74, 6) is -1.29. The summed E-state index contributed by atoms with van der Waals surface area (Å²) in [6.07, 6.45) is -0.739. The molecule has 0 aromatic rings. The van der Waals surface area contributed by atoms with Gasteiger partial charge in [0.1, 0.15) is 0 Å². The molecule has 16 heavy (non-hydrogen) atoms. The van der Waals surface area contributed by atoms with Crippen molar-refractivity contribution in [1.29, 1.82) is 0 Å². The fourth-order valence-corrected chi connectivity index (χ4v) is 0.927. The van der Waals surface area contributed by atoms with Crippen molar-refractivity contribution in [3.8, 4) is 0 Å². The molecule has 94 valence electrons. The molecule has 0 radical (unpaired) electrons. The zero-order valence-electron chi connectivity index (χ0n) is 9.23. The smallest absolute Gasteiger partial charge is 0.332 e. The summed E-state index contributed by atoms with van der Waals surface area (Å²) < 4.78 is 4.79. The van der Waals surface area contributed by atoms with E-state index in [1.165, 1.54) is 0 Å². The van der Waals surface area contributed by atoms with Crippen molar-refractivity contribution in [2.45, 2.75) is 18.9 Å². The lowest BCUT2D eigenvalue weighted by Crippen LogP contribution is -2.38. The molecule has 0 saturated heterocycles. The van der Waals surface area contributed by atoms with E-state index in [2.05, 4.69) is 10.6 Å². The maximum Gasteiger partial charge on any atom is 0.332 e. The number of carboxylic acids is 1. The third kappa shape index (κ3) is 8.01. The van der Waals surface area contributed by atoms with Crippen molar-refractivity contribution < 1.29 is 24.5 Å². The molecule has 0 aliphatic carbocycles. The first-order valence-electron chi connectivity index (χ1n) is 4.99. The van der Waals surface area contributed by atoms with Gasteiger partial charge in [-0.3, -0.25) is 0 Å². The molecule has 0 bridgehead atoms. The minimum atomic E-state index is -1.44. The van der Waals surface area contributed by atoms with Gasteiger partial charge in [-0.05, 0) is 6.42 Å². The SMILES string of the molecule is COCCCNC(=O)NCC[C@H](O)C(=O)O. The van der Waals surface area contributed by atoms with Gasteiger partial charge in [0.15, 0.2) is 6.10 Å². The first-order valence-corrected chi connectivity index (χ1v) is 4.99. The fraction of sp³-hybridized carbons (Fsp3) is 0.778. The molecule has 2 amide bonds. The predicted molar refractivity (Wildman–Crippen MR) is 56.2 cm³/mol. The van der Waals surface area contributed by atoms with Gasteiger partial charge in [0.2, 0.25) is 0 Å². The zero-order valence-corrected chi connectivity index (χ0v) is 9.23. The van der Waals surface area contributed by atoms with E-state index in [-0.39, 0.29) is 19.0 Å². The van der Waals surface area contributed by atoms with Crippen molar-refractivity contribution >= 4 is 12.0 Å². The largest absolute Gasteiger partial charge is 0.479 e. The summed E-state index contributed by atoms with van der Waals surface area (Å²) >= 11 is 0. The first-order chi connectivity index (χ1) is 7.57. The van der Waals surface area contributed by atoms with Gasteiger partial charge in [-0.25, -0.2) is 9.59 Å². The number of hydrogen-bond acceptors (Lipinski definition) is 4. The maximum atomic E-state index is 11.1. The molecule has 0 heterocycles. The number of aliphatic hydroxyl groups is 1. The molecule has 0 aromatic carbocycles. The van der Waals surface area contributed by atoms with Gasteiger partial charge in [0, 0.05) is 33.2 Å². The Morgan fingerprint density at radius 3 is 2.50 bits per heavy atom. The third-order valence-corrected chi connectivity index (χ3v) is 1.80. The molecule has 0 rings (SSSR count). The van der Waals surface area contributed by atoms with Gasteiger partial charge in [-0.15, -0.1) is 0 Å². The lowest BCUT2D eigenvalue weighted by molar-refractivity contribution is -0.146. The van der Waals surface area contributed by atoms with Gasteiger partial charge < -0.3 is 25.6 Å². The number of carbonyl (C=O) groups is 2. The number of carboxylic acid groups (broad SMARTS) is 1. The van der Waals surface area contributed by atoms with Gasteiger partial charge >= 0.3 is 12.0 Å². The molecule has 4 N–H and O–H groups in total. The number of rotatable bonds is 8. The summed E-state index contributed by atoms with van der Waals surface area (Å²) in [7, 11) is 1.58. The van der Waals surface area contributed by atoms with Crippen molar-refractivity contribution in [2.75, 3.05) is 26.8 Å². The molecular weight excluding hydrogens is 216 g/mol. The number of urea groups is 1. The molecule has 1 atom stereocenters. The first kappa shape index (κ1) is 14.7. The highest BCUT2D eigenvalue weighted by molar-refractivity contribution is 5.74. The molecule has 0 aliphatic heterocycles. The van der Waals surface area contributed by atoms with Crippen LogP contribution >= 0.6 is 0 Å². The molecule has 0 saturated carbocycles. The van der Waals surface area contributed by atoms with Gasteiger partial charge in [0.25, 0.3) is 0 Å². The highest BCUT2D eigenvalue weighted by Gasteiger charge is 2.12. The van der Waals surface area contributed by atoms with Crippen LogP contribution < -0.4 is 10.6 Å². The summed E-state index contributed by atoms with van der Waals surface area (Å²) in [5.41, 5.74) is 0. The molecule has 0 spiro atoms. The minimum Gasteiger partial charge on any atom is -0.479 e. The maximum absolute atomic E-state index is 11.1. The lowest BCUT2D eigenvalue weighted by Gasteiger charge is -2.08. The zero-order chi connectivity index (χ0) is 12.4. The van der Waals surface area contributed by atoms with E-state index in [0.29, 0.717) is 19.6 Å². The van der Waals surface area contributed by atoms with Crippen LogP contribution in [0.3, 0.4) is 0 Å². The second-order valence-corrected chi connectivity index (χ2v) is 3.17. The van der Waals surface area contributed by atoms with E-state index in [1.54, 1.807) is 7.11 Å². The Labute approximate surface area is 93.8 Å². The number of ether oxygens (including phenoxy) is 1. The molecule has 7 nitrogen and oxygen atoms in total. The van der Waals surface area contributed by atoms with Crippen molar-refractivity contribution in [3.05, 3.63) is 0 Å². The molecular formula is C9H18N2O5. The summed E-state index contributed by atoms with van der Waals surface area (Å²) in [5, 5.41) is 22.2. The second-order valence-electron chi connectivity index (χ2n) is 3.17. The molecule has 0 aromatic heterocycles. The number of aliphatic carboxylic acids is 1. The van der Waals surface area contributed by atoms with E-state index < -0.39 is 12.1 Å². The Bertz CT molecular complexity index is 222. The van der Waals surface area contributed by atoms with Gasteiger partial charge in [0.05, 0.1) is 0 Å². The van der Waals surface area contributed by atoms with Crippen LogP contribution in [0.1, 0.15) is 12.8 Å². The average Bonchev–Trinajstić information content (AvgIpc) is 2.24. The van der Waals surface area contributed by atoms with Crippen LogP contribution in [0.25, 0.3) is 0 Å². The lowest BCUT2D eigenvalue weighted by atomic mass is 10.2. The summed E-state index contributed by atoms with van der Waals surface area (Å²) in [6, 6.07) is -0.381. The van der Waals surface area contributed by atoms with E-state index in [9.17, 15) is 9.59 Å². The highest BCUT2D eigenvalue weighted by atomic mass is 16.5. The third-order valence-electron chi connectivity index (χ3n) is 1.80. The normalized spacial score (nSPS) is 11.9. The van der Waals surface area contributed by atoms with Crippen LogP contribution in [0.4, 0.5) is 4.79 Å². The number of amides is 2. The van der Waals surface area contributed by atoms with Gasteiger partial charge in [-0.2, -0.15) is 0 Å². The van der Waals surface area contributed by atoms with Crippen molar-refractivity contribution in [2.24, 2.45) is 0 Å². The van der Waals surface area contributed by atoms with Crippen LogP contribution in [0.15, 0.2) is 0 Å². The van der Waals surface area contributed by atoms with Crippen LogP contribution in [0, 0.1) is 0 Å². The number of hydrogen-bond donors (Lipinski definition) is 4. The Morgan fingerprint density at radius 1 is 1.31 bits per heavy atom. The van der Waals surface area contributed by atoms with Crippen LogP contribution in [0.2, 0.25) is 0 Å². The van der Waals surface area contributed by atoms with E-state index in [1.807, 2.05) is 0 Å². The van der Waals surface area contributed by atoms with Crippen LogP contribution in [0.5, 0.6) is 0 Å². The second kappa shape index (κ2) is 8.93. The van der Waals surface area contributed by atoms with Crippen LogP contribution in [-0.4, -0.2) is 55.1 Å². The quantitative estimate of drug-likeness (QED) is 0.409. The van der Waals surface area contributed by atoms with E-state index in [4.69, 9.17) is 14.9 Å². The Hall–Kier alpha value is -1.34. The molecule has 7 heteroatoms. The minimum absolute atomic E-state index is 0.0131. The molecule has 0 aliphatic rings. The molecule has 0 fully saturated rings. The Balaban J connectivity index is 3.40. The fourth-order valence-electron chi connectivity index (χ4n) is 0.927. The van der Waals surface area contributed by atoms with Gasteiger partial charge in [-0.1, -0.05) is 0 Å². The number of carbonyl (C=O) groups excluding carboxylic acids is 1. The topological polar surface area (TPSA) is 108 Å². The van der Waals surface area contributed by atoms with E-state index in [0.717, 1.165) is 0 Å². The van der Waals surface area contributed by atoms with Crippen LogP contribution in [-0.2, 0) is 9.53 Å². The number of methoxy groups -OCH3 is 1. The number of nitrogens with one attached hydrogen (secondary N) is 2. The Morgan fingerprint density at radius 2 is 1.94 bits per heavy atom. The standard InChI is InChI=1S/C9H18N2O5/c1-16-6-2-4-10-9(15)11-5-3-7(12)8(13)14/h7,12H,2-6H2,1H3,(H,13,14)(H2,10,11,15)/t7-/m0/s1. The highest BCUT2D eigenvalue weighted by Crippen LogP contribution is 1.89. The van der Waals surface area contributed by atoms with Crippen molar-refractivity contribution in [1.82, 2.24) is 10.6 Å². The van der Waals surface area contributed by atoms with Crippen molar-refractivity contribution in [3.63, 3.8) is 0 Å². The predicted octanol–water partition coefficient (Wildman–Crippen LogP) is -0.842. The molecule has 0 unspecified atom stereocenters. The summed E-state index contributed by atoms with van der Waals surface area (Å²) in [4.78, 5) is 21.3. The summed E-state index contributed by atoms with van der Waals surface area (Å²) in [6.45, 7) is 1.17. The Kier molecular flexibility index (Phi) is 8.18. The average molecular weight is 234 g/mol. The number of aliphatic hydroxyl groups excluding tert-OH is 1.